The molecule has 2 heteroatoms. The van der Waals surface area contributed by atoms with Gasteiger partial charge in [-0.15, -0.1) is 0 Å². The van der Waals surface area contributed by atoms with Gasteiger partial charge < -0.3 is 0 Å². The van der Waals surface area contributed by atoms with Crippen molar-refractivity contribution in [3.63, 3.8) is 0 Å². The fraction of sp³-hybridized carbons (Fsp3) is 0.231. The second-order valence-corrected chi connectivity index (χ2v) is 3.61. The van der Waals surface area contributed by atoms with E-state index in [1.54, 1.807) is 0 Å². The van der Waals surface area contributed by atoms with Crippen LogP contribution in [-0.2, 0) is 6.42 Å². The summed E-state index contributed by atoms with van der Waals surface area (Å²) in [6, 6.07) is 8.22. The fourth-order valence-corrected chi connectivity index (χ4v) is 1.42. The van der Waals surface area contributed by atoms with Gasteiger partial charge in [-0.05, 0) is 37.1 Å². The largest absolute Gasteiger partial charge is 0.261 e. The molecule has 2 nitrogen and oxygen atoms in total. The Labute approximate surface area is 90.0 Å². The maximum atomic E-state index is 4.36. The van der Waals surface area contributed by atoms with Crippen molar-refractivity contribution in [2.45, 2.75) is 20.3 Å². The molecule has 0 aromatic carbocycles. The van der Waals surface area contributed by atoms with Crippen LogP contribution in [0.15, 0.2) is 36.7 Å². The van der Waals surface area contributed by atoms with E-state index in [9.17, 15) is 0 Å². The molecule has 0 amide bonds. The van der Waals surface area contributed by atoms with E-state index in [0.717, 1.165) is 23.4 Å². The van der Waals surface area contributed by atoms with Crippen LogP contribution in [0.3, 0.4) is 0 Å². The van der Waals surface area contributed by atoms with Crippen LogP contribution in [0.5, 0.6) is 0 Å². The van der Waals surface area contributed by atoms with Gasteiger partial charge in [-0.2, -0.15) is 0 Å². The Balaban J connectivity index is 2.33. The minimum atomic E-state index is 0.974. The van der Waals surface area contributed by atoms with Crippen LogP contribution in [0.2, 0.25) is 0 Å². The molecule has 0 saturated heterocycles. The minimum Gasteiger partial charge on any atom is -0.261 e. The molecule has 0 unspecified atom stereocenters. The second kappa shape index (κ2) is 4.22. The first kappa shape index (κ1) is 9.84. The molecular weight excluding hydrogens is 184 g/mol. The van der Waals surface area contributed by atoms with E-state index in [1.165, 1.54) is 5.56 Å². The lowest BCUT2D eigenvalue weighted by atomic mass is 10.1. The topological polar surface area (TPSA) is 25.8 Å². The highest BCUT2D eigenvalue weighted by Gasteiger charge is 1.99. The first-order chi connectivity index (χ1) is 7.29. The number of hydrogen-bond donors (Lipinski definition) is 0. The number of nitrogens with zero attached hydrogens (tertiary/aromatic N) is 2. The van der Waals surface area contributed by atoms with Gasteiger partial charge in [-0.3, -0.25) is 9.97 Å². The number of aryl methyl sites for hydroxylation is 2. The smallest absolute Gasteiger partial charge is 0.0717 e. The molecule has 2 heterocycles. The van der Waals surface area contributed by atoms with Crippen molar-refractivity contribution in [2.75, 3.05) is 0 Å². The van der Waals surface area contributed by atoms with Crippen molar-refractivity contribution in [3.05, 3.63) is 47.9 Å². The summed E-state index contributed by atoms with van der Waals surface area (Å²) < 4.78 is 0. The Hall–Kier alpha value is -1.70. The molecule has 0 spiro atoms. The van der Waals surface area contributed by atoms with Gasteiger partial charge in [-0.1, -0.05) is 13.0 Å². The van der Waals surface area contributed by atoms with Gasteiger partial charge in [0.25, 0.3) is 0 Å². The standard InChI is InChI=1S/C13H14N2/c1-3-12-6-5-11(9-14-12)13-7-4-10(2)8-15-13/h4-9H,3H2,1-2H3. The zero-order valence-electron chi connectivity index (χ0n) is 9.07. The van der Waals surface area contributed by atoms with E-state index in [2.05, 4.69) is 35.1 Å². The zero-order chi connectivity index (χ0) is 10.7. The molecule has 0 bridgehead atoms. The highest BCUT2D eigenvalue weighted by molar-refractivity contribution is 5.57. The van der Waals surface area contributed by atoms with E-state index in [4.69, 9.17) is 0 Å². The molecule has 0 saturated carbocycles. The zero-order valence-corrected chi connectivity index (χ0v) is 9.07. The van der Waals surface area contributed by atoms with Gasteiger partial charge >= 0.3 is 0 Å². The molecule has 15 heavy (non-hydrogen) atoms. The molecule has 0 aliphatic carbocycles. The summed E-state index contributed by atoms with van der Waals surface area (Å²) in [6.07, 6.45) is 4.74. The summed E-state index contributed by atoms with van der Waals surface area (Å²) in [7, 11) is 0. The van der Waals surface area contributed by atoms with Crippen LogP contribution in [-0.4, -0.2) is 9.97 Å². The Bertz CT molecular complexity index is 429. The van der Waals surface area contributed by atoms with Crippen LogP contribution in [0.1, 0.15) is 18.2 Å². The lowest BCUT2D eigenvalue weighted by molar-refractivity contribution is 1.04. The number of pyridine rings is 2. The molecular formula is C13H14N2. The summed E-state index contributed by atoms with van der Waals surface area (Å²) in [4.78, 5) is 8.72. The molecule has 76 valence electrons. The lowest BCUT2D eigenvalue weighted by Gasteiger charge is -2.01. The van der Waals surface area contributed by atoms with Crippen LogP contribution in [0.25, 0.3) is 11.3 Å². The lowest BCUT2D eigenvalue weighted by Crippen LogP contribution is -1.88. The fourth-order valence-electron chi connectivity index (χ4n) is 1.42. The summed E-state index contributed by atoms with van der Waals surface area (Å²) in [6.45, 7) is 4.14. The van der Waals surface area contributed by atoms with Gasteiger partial charge in [0.05, 0.1) is 5.69 Å². The van der Waals surface area contributed by atoms with E-state index in [-0.39, 0.29) is 0 Å². The minimum absolute atomic E-state index is 0.974. The van der Waals surface area contributed by atoms with Crippen molar-refractivity contribution in [1.82, 2.24) is 9.97 Å². The summed E-state index contributed by atoms with van der Waals surface area (Å²) >= 11 is 0. The highest BCUT2D eigenvalue weighted by atomic mass is 14.7. The molecule has 2 rings (SSSR count). The third-order valence-corrected chi connectivity index (χ3v) is 2.39. The van der Waals surface area contributed by atoms with E-state index >= 15 is 0 Å². The number of aromatic nitrogens is 2. The molecule has 0 fully saturated rings. The molecule has 0 aliphatic heterocycles. The average Bonchev–Trinajstić information content (AvgIpc) is 2.30. The van der Waals surface area contributed by atoms with Gasteiger partial charge in [0.2, 0.25) is 0 Å². The maximum Gasteiger partial charge on any atom is 0.0717 e. The van der Waals surface area contributed by atoms with Gasteiger partial charge in [-0.25, -0.2) is 0 Å². The number of rotatable bonds is 2. The molecule has 2 aromatic rings. The van der Waals surface area contributed by atoms with Crippen molar-refractivity contribution < 1.29 is 0 Å². The van der Waals surface area contributed by atoms with Crippen LogP contribution < -0.4 is 0 Å². The molecule has 0 aliphatic rings. The SMILES string of the molecule is CCc1ccc(-c2ccc(C)cn2)cn1. The van der Waals surface area contributed by atoms with Crippen molar-refractivity contribution >= 4 is 0 Å². The summed E-state index contributed by atoms with van der Waals surface area (Å²) in [5, 5.41) is 0. The van der Waals surface area contributed by atoms with Gasteiger partial charge in [0, 0.05) is 23.7 Å². The quantitative estimate of drug-likeness (QED) is 0.741. The maximum absolute atomic E-state index is 4.36. The summed E-state index contributed by atoms with van der Waals surface area (Å²) in [5.74, 6) is 0. The first-order valence-electron chi connectivity index (χ1n) is 5.17. The third-order valence-electron chi connectivity index (χ3n) is 2.39. The molecule has 0 atom stereocenters. The monoisotopic (exact) mass is 198 g/mol. The van der Waals surface area contributed by atoms with Crippen LogP contribution in [0, 0.1) is 6.92 Å². The normalized spacial score (nSPS) is 10.3. The molecule has 0 radical (unpaired) electrons. The van der Waals surface area contributed by atoms with Crippen molar-refractivity contribution in [2.24, 2.45) is 0 Å². The van der Waals surface area contributed by atoms with Crippen molar-refractivity contribution in [3.8, 4) is 11.3 Å². The van der Waals surface area contributed by atoms with Crippen LogP contribution >= 0.6 is 0 Å². The van der Waals surface area contributed by atoms with Crippen LogP contribution in [0.4, 0.5) is 0 Å². The van der Waals surface area contributed by atoms with E-state index in [0.29, 0.717) is 0 Å². The second-order valence-electron chi connectivity index (χ2n) is 3.61. The number of hydrogen-bond acceptors (Lipinski definition) is 2. The Morgan fingerprint density at radius 1 is 1.00 bits per heavy atom. The molecule has 0 N–H and O–H groups in total. The Kier molecular flexibility index (Phi) is 2.77. The van der Waals surface area contributed by atoms with Gasteiger partial charge in [0.1, 0.15) is 0 Å². The third kappa shape index (κ3) is 2.21. The van der Waals surface area contributed by atoms with Gasteiger partial charge in [0.15, 0.2) is 0 Å². The molecule has 2 aromatic heterocycles. The Morgan fingerprint density at radius 3 is 2.40 bits per heavy atom. The van der Waals surface area contributed by atoms with Crippen molar-refractivity contribution in [1.29, 1.82) is 0 Å². The predicted molar refractivity (Wildman–Crippen MR) is 61.6 cm³/mol. The van der Waals surface area contributed by atoms with E-state index in [1.807, 2.05) is 25.4 Å². The highest BCUT2D eigenvalue weighted by Crippen LogP contribution is 2.15. The van der Waals surface area contributed by atoms with E-state index < -0.39 is 0 Å². The Morgan fingerprint density at radius 2 is 1.87 bits per heavy atom. The average molecular weight is 198 g/mol. The first-order valence-corrected chi connectivity index (χ1v) is 5.17. The summed E-state index contributed by atoms with van der Waals surface area (Å²) in [5.41, 5.74) is 4.35. The predicted octanol–water partition coefficient (Wildman–Crippen LogP) is 3.01.